The molecule has 0 aliphatic carbocycles. The van der Waals surface area contributed by atoms with Crippen LogP contribution in [0.5, 0.6) is 5.75 Å². The van der Waals surface area contributed by atoms with E-state index in [0.717, 1.165) is 10.0 Å². The first kappa shape index (κ1) is 15.8. The molecule has 1 heterocycles. The van der Waals surface area contributed by atoms with Crippen molar-refractivity contribution in [2.45, 2.75) is 6.92 Å². The Morgan fingerprint density at radius 2 is 1.96 bits per heavy atom. The molecule has 0 fully saturated rings. The molecule has 0 bridgehead atoms. The third-order valence-electron chi connectivity index (χ3n) is 3.21. The number of aromatic nitrogens is 1. The van der Waals surface area contributed by atoms with Crippen LogP contribution >= 0.6 is 27.5 Å². The van der Waals surface area contributed by atoms with Crippen molar-refractivity contribution in [1.29, 1.82) is 0 Å². The molecule has 116 valence electrons. The van der Waals surface area contributed by atoms with E-state index >= 15 is 0 Å². The van der Waals surface area contributed by atoms with Crippen molar-refractivity contribution in [2.75, 3.05) is 0 Å². The second kappa shape index (κ2) is 6.56. The predicted octanol–water partition coefficient (Wildman–Crippen LogP) is 5.29. The van der Waals surface area contributed by atoms with Crippen molar-refractivity contribution in [3.63, 3.8) is 0 Å². The van der Waals surface area contributed by atoms with Gasteiger partial charge in [0.15, 0.2) is 0 Å². The standard InChI is InChI=1S/C17H11BrClNO3/c1-10-15(16(20-23-10)11-5-3-2-4-6-11)17(21)22-14-8-7-12(18)9-13(14)19/h2-9H,1H3. The van der Waals surface area contributed by atoms with Crippen LogP contribution in [0.4, 0.5) is 0 Å². The predicted molar refractivity (Wildman–Crippen MR) is 90.8 cm³/mol. The number of benzene rings is 2. The van der Waals surface area contributed by atoms with Gasteiger partial charge in [0.2, 0.25) is 0 Å². The highest BCUT2D eigenvalue weighted by Gasteiger charge is 2.24. The summed E-state index contributed by atoms with van der Waals surface area (Å²) in [4.78, 5) is 12.5. The lowest BCUT2D eigenvalue weighted by molar-refractivity contribution is 0.0733. The van der Waals surface area contributed by atoms with E-state index in [0.29, 0.717) is 16.5 Å². The summed E-state index contributed by atoms with van der Waals surface area (Å²) in [7, 11) is 0. The molecule has 0 N–H and O–H groups in total. The topological polar surface area (TPSA) is 52.3 Å². The molecule has 4 nitrogen and oxygen atoms in total. The number of halogens is 2. The Kier molecular flexibility index (Phi) is 4.50. The number of esters is 1. The van der Waals surface area contributed by atoms with E-state index in [1.54, 1.807) is 25.1 Å². The molecule has 0 aliphatic rings. The second-order valence-corrected chi connectivity index (χ2v) is 6.12. The van der Waals surface area contributed by atoms with Gasteiger partial charge in [0.1, 0.15) is 22.8 Å². The number of carbonyl (C=O) groups excluding carboxylic acids is 1. The van der Waals surface area contributed by atoms with E-state index in [9.17, 15) is 4.79 Å². The molecule has 0 atom stereocenters. The van der Waals surface area contributed by atoms with Gasteiger partial charge in [-0.25, -0.2) is 4.79 Å². The van der Waals surface area contributed by atoms with Crippen LogP contribution in [0.3, 0.4) is 0 Å². The summed E-state index contributed by atoms with van der Waals surface area (Å²) in [6.45, 7) is 1.67. The zero-order valence-corrected chi connectivity index (χ0v) is 14.4. The van der Waals surface area contributed by atoms with Crippen LogP contribution in [-0.4, -0.2) is 11.1 Å². The van der Waals surface area contributed by atoms with Crippen LogP contribution in [0.15, 0.2) is 57.5 Å². The fourth-order valence-electron chi connectivity index (χ4n) is 2.11. The Labute approximate surface area is 146 Å². The number of nitrogens with zero attached hydrogens (tertiary/aromatic N) is 1. The summed E-state index contributed by atoms with van der Waals surface area (Å²) in [6.07, 6.45) is 0. The molecule has 3 rings (SSSR count). The normalized spacial score (nSPS) is 10.6. The maximum atomic E-state index is 12.5. The van der Waals surface area contributed by atoms with E-state index in [2.05, 4.69) is 21.1 Å². The van der Waals surface area contributed by atoms with Gasteiger partial charge >= 0.3 is 5.97 Å². The Hall–Kier alpha value is -2.11. The second-order valence-electron chi connectivity index (χ2n) is 4.79. The van der Waals surface area contributed by atoms with E-state index in [-0.39, 0.29) is 11.3 Å². The number of hydrogen-bond acceptors (Lipinski definition) is 4. The maximum Gasteiger partial charge on any atom is 0.349 e. The van der Waals surface area contributed by atoms with Gasteiger partial charge in [-0.3, -0.25) is 0 Å². The fourth-order valence-corrected chi connectivity index (χ4v) is 2.83. The summed E-state index contributed by atoms with van der Waals surface area (Å²) in [5.74, 6) is 0.105. The van der Waals surface area contributed by atoms with E-state index < -0.39 is 5.97 Å². The molecule has 6 heteroatoms. The van der Waals surface area contributed by atoms with E-state index in [1.807, 2.05) is 30.3 Å². The van der Waals surface area contributed by atoms with Gasteiger partial charge < -0.3 is 9.26 Å². The summed E-state index contributed by atoms with van der Waals surface area (Å²) >= 11 is 9.39. The fraction of sp³-hybridized carbons (Fsp3) is 0.0588. The molecule has 3 aromatic rings. The molecule has 0 radical (unpaired) electrons. The Morgan fingerprint density at radius 3 is 2.65 bits per heavy atom. The molecule has 2 aromatic carbocycles. The molecule has 0 unspecified atom stereocenters. The number of rotatable bonds is 3. The molecule has 0 saturated carbocycles. The molecule has 23 heavy (non-hydrogen) atoms. The van der Waals surface area contributed by atoms with Crippen LogP contribution in [0.25, 0.3) is 11.3 Å². The average molecular weight is 393 g/mol. The quantitative estimate of drug-likeness (QED) is 0.449. The highest BCUT2D eigenvalue weighted by Crippen LogP contribution is 2.30. The van der Waals surface area contributed by atoms with Gasteiger partial charge in [-0.1, -0.05) is 63.0 Å². The van der Waals surface area contributed by atoms with Gasteiger partial charge in [-0.05, 0) is 25.1 Å². The third kappa shape index (κ3) is 3.30. The monoisotopic (exact) mass is 391 g/mol. The van der Waals surface area contributed by atoms with Gasteiger partial charge in [0.25, 0.3) is 0 Å². The highest BCUT2D eigenvalue weighted by molar-refractivity contribution is 9.10. The van der Waals surface area contributed by atoms with Crippen molar-refractivity contribution >= 4 is 33.5 Å². The van der Waals surface area contributed by atoms with Crippen molar-refractivity contribution in [3.8, 4) is 17.0 Å². The smallest absolute Gasteiger partial charge is 0.349 e. The molecule has 0 saturated heterocycles. The van der Waals surface area contributed by atoms with Crippen LogP contribution in [0.2, 0.25) is 5.02 Å². The maximum absolute atomic E-state index is 12.5. The zero-order chi connectivity index (χ0) is 16.4. The molecular weight excluding hydrogens is 382 g/mol. The van der Waals surface area contributed by atoms with E-state index in [4.69, 9.17) is 20.9 Å². The van der Waals surface area contributed by atoms with Gasteiger partial charge in [0, 0.05) is 10.0 Å². The first-order valence-electron chi connectivity index (χ1n) is 6.75. The van der Waals surface area contributed by atoms with Crippen LogP contribution in [0, 0.1) is 6.92 Å². The van der Waals surface area contributed by atoms with Crippen molar-refractivity contribution in [2.24, 2.45) is 0 Å². The Balaban J connectivity index is 1.96. The average Bonchev–Trinajstić information content (AvgIpc) is 2.93. The first-order chi connectivity index (χ1) is 11.1. The molecule has 0 amide bonds. The summed E-state index contributed by atoms with van der Waals surface area (Å²) < 4.78 is 11.4. The lowest BCUT2D eigenvalue weighted by atomic mass is 10.1. The van der Waals surface area contributed by atoms with Crippen LogP contribution in [-0.2, 0) is 0 Å². The van der Waals surface area contributed by atoms with Crippen molar-refractivity contribution in [1.82, 2.24) is 5.16 Å². The lowest BCUT2D eigenvalue weighted by Gasteiger charge is -2.07. The number of carbonyl (C=O) groups is 1. The zero-order valence-electron chi connectivity index (χ0n) is 12.0. The minimum atomic E-state index is -0.563. The van der Waals surface area contributed by atoms with Crippen molar-refractivity contribution in [3.05, 3.63) is 69.3 Å². The van der Waals surface area contributed by atoms with Crippen LogP contribution < -0.4 is 4.74 Å². The minimum absolute atomic E-state index is 0.277. The van der Waals surface area contributed by atoms with Gasteiger partial charge in [-0.15, -0.1) is 0 Å². The minimum Gasteiger partial charge on any atom is -0.421 e. The Morgan fingerprint density at radius 1 is 1.22 bits per heavy atom. The number of hydrogen-bond donors (Lipinski definition) is 0. The molecule has 1 aromatic heterocycles. The molecule has 0 aliphatic heterocycles. The largest absolute Gasteiger partial charge is 0.421 e. The van der Waals surface area contributed by atoms with Gasteiger partial charge in [-0.2, -0.15) is 0 Å². The van der Waals surface area contributed by atoms with Gasteiger partial charge in [0.05, 0.1) is 5.02 Å². The molecule has 0 spiro atoms. The highest BCUT2D eigenvalue weighted by atomic mass is 79.9. The molecular formula is C17H11BrClNO3. The Bertz CT molecular complexity index is 862. The lowest BCUT2D eigenvalue weighted by Crippen LogP contribution is -2.10. The van der Waals surface area contributed by atoms with Crippen LogP contribution in [0.1, 0.15) is 16.1 Å². The SMILES string of the molecule is Cc1onc(-c2ccccc2)c1C(=O)Oc1ccc(Br)cc1Cl. The first-order valence-corrected chi connectivity index (χ1v) is 7.92. The number of aryl methyl sites for hydroxylation is 1. The number of ether oxygens (including phenoxy) is 1. The third-order valence-corrected chi connectivity index (χ3v) is 4.00. The summed E-state index contributed by atoms with van der Waals surface area (Å²) in [6, 6.07) is 14.3. The van der Waals surface area contributed by atoms with Crippen molar-refractivity contribution < 1.29 is 14.1 Å². The summed E-state index contributed by atoms with van der Waals surface area (Å²) in [5, 5.41) is 4.31. The van der Waals surface area contributed by atoms with E-state index in [1.165, 1.54) is 0 Å². The summed E-state index contributed by atoms with van der Waals surface area (Å²) in [5.41, 5.74) is 1.51.